The van der Waals surface area contributed by atoms with Crippen molar-refractivity contribution in [2.45, 2.75) is 13.3 Å². The van der Waals surface area contributed by atoms with Gasteiger partial charge in [-0.3, -0.25) is 0 Å². The first-order chi connectivity index (χ1) is 7.66. The van der Waals surface area contributed by atoms with Crippen LogP contribution in [0.5, 0.6) is 0 Å². The van der Waals surface area contributed by atoms with Crippen molar-refractivity contribution in [3.05, 3.63) is 57.6 Å². The molecule has 1 aromatic carbocycles. The first-order valence-corrected chi connectivity index (χ1v) is 5.65. The van der Waals surface area contributed by atoms with Crippen molar-refractivity contribution in [1.29, 1.82) is 0 Å². The molecule has 0 saturated carbocycles. The zero-order valence-corrected chi connectivity index (χ0v) is 10.3. The van der Waals surface area contributed by atoms with Crippen LogP contribution < -0.4 is 0 Å². The highest BCUT2D eigenvalue weighted by Crippen LogP contribution is 2.23. The van der Waals surface area contributed by atoms with Crippen LogP contribution in [0.1, 0.15) is 17.0 Å². The Kier molecular flexibility index (Phi) is 3.42. The first-order valence-electron chi connectivity index (χ1n) is 4.89. The van der Waals surface area contributed by atoms with Gasteiger partial charge in [-0.15, -0.1) is 0 Å². The topological polar surface area (TPSA) is 25.8 Å². The molecule has 1 aromatic heterocycles. The van der Waals surface area contributed by atoms with Crippen LogP contribution in [0.25, 0.3) is 0 Å². The molecule has 2 nitrogen and oxygen atoms in total. The van der Waals surface area contributed by atoms with E-state index in [2.05, 4.69) is 9.97 Å². The van der Waals surface area contributed by atoms with Crippen molar-refractivity contribution in [3.8, 4) is 0 Å². The van der Waals surface area contributed by atoms with Crippen molar-refractivity contribution < 1.29 is 0 Å². The summed E-state index contributed by atoms with van der Waals surface area (Å²) in [5.41, 5.74) is 1.92. The van der Waals surface area contributed by atoms with Crippen molar-refractivity contribution >= 4 is 23.2 Å². The average Bonchev–Trinajstić information content (AvgIpc) is 2.25. The van der Waals surface area contributed by atoms with Gasteiger partial charge < -0.3 is 0 Å². The average molecular weight is 253 g/mol. The number of nitrogens with zero attached hydrogens (tertiary/aromatic N) is 2. The number of benzene rings is 1. The summed E-state index contributed by atoms with van der Waals surface area (Å²) in [6.07, 6.45) is 0.652. The molecule has 2 rings (SSSR count). The maximum atomic E-state index is 6.05. The number of rotatable bonds is 2. The molecule has 0 aliphatic heterocycles. The number of aromatic nitrogens is 2. The number of halogens is 2. The molecule has 0 spiro atoms. The van der Waals surface area contributed by atoms with Crippen LogP contribution in [-0.2, 0) is 6.42 Å². The lowest BCUT2D eigenvalue weighted by Crippen LogP contribution is -1.98. The fraction of sp³-hybridized carbons (Fsp3) is 0.167. The number of hydrogen-bond donors (Lipinski definition) is 0. The second-order valence-electron chi connectivity index (χ2n) is 3.49. The van der Waals surface area contributed by atoms with Crippen molar-refractivity contribution in [2.75, 3.05) is 0 Å². The maximum absolute atomic E-state index is 6.05. The first kappa shape index (κ1) is 11.4. The Labute approximate surface area is 104 Å². The van der Waals surface area contributed by atoms with Gasteiger partial charge >= 0.3 is 0 Å². The molecule has 82 valence electrons. The van der Waals surface area contributed by atoms with E-state index in [4.69, 9.17) is 23.2 Å². The molecule has 0 fully saturated rings. The largest absolute Gasteiger partial charge is 0.221 e. The van der Waals surface area contributed by atoms with Crippen LogP contribution in [0.2, 0.25) is 10.3 Å². The lowest BCUT2D eigenvalue weighted by Gasteiger charge is -2.06. The maximum Gasteiger partial charge on any atom is 0.137 e. The second-order valence-corrected chi connectivity index (χ2v) is 4.21. The number of aryl methyl sites for hydroxylation is 1. The van der Waals surface area contributed by atoms with Gasteiger partial charge in [-0.1, -0.05) is 53.5 Å². The molecule has 0 unspecified atom stereocenters. The molecule has 0 radical (unpaired) electrons. The van der Waals surface area contributed by atoms with Gasteiger partial charge in [0.2, 0.25) is 0 Å². The fourth-order valence-electron chi connectivity index (χ4n) is 1.48. The lowest BCUT2D eigenvalue weighted by molar-refractivity contribution is 1.00. The quantitative estimate of drug-likeness (QED) is 0.763. The third-order valence-corrected chi connectivity index (χ3v) is 2.87. The van der Waals surface area contributed by atoms with Crippen LogP contribution in [0.15, 0.2) is 30.3 Å². The minimum Gasteiger partial charge on any atom is -0.221 e. The summed E-state index contributed by atoms with van der Waals surface area (Å²) in [6.45, 7) is 1.77. The summed E-state index contributed by atoms with van der Waals surface area (Å²) in [5, 5.41) is 0.864. The molecule has 1 heterocycles. The predicted octanol–water partition coefficient (Wildman–Crippen LogP) is 3.68. The Morgan fingerprint density at radius 1 is 1.00 bits per heavy atom. The molecule has 4 heteroatoms. The zero-order chi connectivity index (χ0) is 11.5. The molecule has 16 heavy (non-hydrogen) atoms. The minimum absolute atomic E-state index is 0.432. The van der Waals surface area contributed by atoms with Gasteiger partial charge in [0, 0.05) is 12.0 Å². The normalized spacial score (nSPS) is 10.4. The summed E-state index contributed by atoms with van der Waals surface area (Å²) in [7, 11) is 0. The molecular weight excluding hydrogens is 243 g/mol. The molecule has 0 atom stereocenters. The van der Waals surface area contributed by atoms with E-state index in [0.29, 0.717) is 22.6 Å². The third-order valence-electron chi connectivity index (χ3n) is 2.24. The van der Waals surface area contributed by atoms with E-state index < -0.39 is 0 Å². The standard InChI is InChI=1S/C12H10Cl2N2/c1-8-15-11(13)10(12(14)16-8)7-9-5-3-2-4-6-9/h2-6H,7H2,1H3. The Bertz CT molecular complexity index is 475. The summed E-state index contributed by atoms with van der Waals surface area (Å²) in [5.74, 6) is 0.590. The summed E-state index contributed by atoms with van der Waals surface area (Å²) < 4.78 is 0. The van der Waals surface area contributed by atoms with E-state index in [1.54, 1.807) is 6.92 Å². The molecule has 2 aromatic rings. The van der Waals surface area contributed by atoms with Crippen LogP contribution in [-0.4, -0.2) is 9.97 Å². The highest BCUT2D eigenvalue weighted by atomic mass is 35.5. The highest BCUT2D eigenvalue weighted by molar-refractivity contribution is 6.34. The molecule has 0 bridgehead atoms. The van der Waals surface area contributed by atoms with Gasteiger partial charge in [0.15, 0.2) is 0 Å². The second kappa shape index (κ2) is 4.81. The van der Waals surface area contributed by atoms with E-state index in [9.17, 15) is 0 Å². The van der Waals surface area contributed by atoms with E-state index in [1.807, 2.05) is 30.3 Å². The zero-order valence-electron chi connectivity index (χ0n) is 8.74. The van der Waals surface area contributed by atoms with Crippen molar-refractivity contribution in [3.63, 3.8) is 0 Å². The fourth-order valence-corrected chi connectivity index (χ4v) is 2.08. The van der Waals surface area contributed by atoms with Crippen LogP contribution in [0.4, 0.5) is 0 Å². The Morgan fingerprint density at radius 2 is 1.56 bits per heavy atom. The van der Waals surface area contributed by atoms with Crippen LogP contribution in [0, 0.1) is 6.92 Å². The monoisotopic (exact) mass is 252 g/mol. The van der Waals surface area contributed by atoms with Crippen LogP contribution in [0.3, 0.4) is 0 Å². The van der Waals surface area contributed by atoms with Gasteiger partial charge in [-0.25, -0.2) is 9.97 Å². The molecule has 0 aliphatic carbocycles. The van der Waals surface area contributed by atoms with E-state index >= 15 is 0 Å². The Hall–Kier alpha value is -1.12. The molecule has 0 aliphatic rings. The van der Waals surface area contributed by atoms with Crippen molar-refractivity contribution in [1.82, 2.24) is 9.97 Å². The van der Waals surface area contributed by atoms with Crippen LogP contribution >= 0.6 is 23.2 Å². The van der Waals surface area contributed by atoms with E-state index in [0.717, 1.165) is 11.1 Å². The van der Waals surface area contributed by atoms with Gasteiger partial charge in [0.05, 0.1) is 0 Å². The predicted molar refractivity (Wildman–Crippen MR) is 66.0 cm³/mol. The Balaban J connectivity index is 2.35. The summed E-state index contributed by atoms with van der Waals surface area (Å²) >= 11 is 12.1. The smallest absolute Gasteiger partial charge is 0.137 e. The summed E-state index contributed by atoms with van der Waals surface area (Å²) in [6, 6.07) is 9.97. The molecule has 0 N–H and O–H groups in total. The lowest BCUT2D eigenvalue weighted by atomic mass is 10.1. The van der Waals surface area contributed by atoms with Gasteiger partial charge in [-0.05, 0) is 12.5 Å². The van der Waals surface area contributed by atoms with Gasteiger partial charge in [-0.2, -0.15) is 0 Å². The van der Waals surface area contributed by atoms with E-state index in [-0.39, 0.29) is 0 Å². The third kappa shape index (κ3) is 2.52. The summed E-state index contributed by atoms with van der Waals surface area (Å²) in [4.78, 5) is 8.20. The van der Waals surface area contributed by atoms with E-state index in [1.165, 1.54) is 0 Å². The molecular formula is C12H10Cl2N2. The molecule has 0 amide bonds. The highest BCUT2D eigenvalue weighted by Gasteiger charge is 2.10. The van der Waals surface area contributed by atoms with Crippen molar-refractivity contribution in [2.24, 2.45) is 0 Å². The Morgan fingerprint density at radius 3 is 2.12 bits per heavy atom. The van der Waals surface area contributed by atoms with Gasteiger partial charge in [0.25, 0.3) is 0 Å². The minimum atomic E-state index is 0.432. The van der Waals surface area contributed by atoms with Gasteiger partial charge in [0.1, 0.15) is 16.1 Å². The molecule has 0 saturated heterocycles. The SMILES string of the molecule is Cc1nc(Cl)c(Cc2ccccc2)c(Cl)n1. The number of hydrogen-bond acceptors (Lipinski definition) is 2.